The highest BCUT2D eigenvalue weighted by Crippen LogP contribution is 2.25. The predicted molar refractivity (Wildman–Crippen MR) is 102 cm³/mol. The van der Waals surface area contributed by atoms with Gasteiger partial charge in [-0.15, -0.1) is 0 Å². The van der Waals surface area contributed by atoms with Gasteiger partial charge in [0.15, 0.2) is 6.61 Å². The quantitative estimate of drug-likeness (QED) is 0.900. The molecule has 0 spiro atoms. The summed E-state index contributed by atoms with van der Waals surface area (Å²) in [6.45, 7) is 2.65. The van der Waals surface area contributed by atoms with Crippen LogP contribution in [0, 0.1) is 0 Å². The maximum atomic E-state index is 12.4. The molecule has 0 radical (unpaired) electrons. The van der Waals surface area contributed by atoms with Crippen molar-refractivity contribution in [1.82, 2.24) is 4.90 Å². The van der Waals surface area contributed by atoms with Gasteiger partial charge in [-0.1, -0.05) is 48.5 Å². The highest BCUT2D eigenvalue weighted by molar-refractivity contribution is 5.90. The number of ether oxygens (including phenoxy) is 1. The van der Waals surface area contributed by atoms with Crippen molar-refractivity contribution in [1.29, 1.82) is 0 Å². The molecule has 1 heterocycles. The second-order valence-corrected chi connectivity index (χ2v) is 6.15. The van der Waals surface area contributed by atoms with Gasteiger partial charge in [-0.2, -0.15) is 0 Å². The lowest BCUT2D eigenvalue weighted by Gasteiger charge is -2.26. The molecule has 1 aliphatic heterocycles. The van der Waals surface area contributed by atoms with E-state index in [9.17, 15) is 9.59 Å². The summed E-state index contributed by atoms with van der Waals surface area (Å²) >= 11 is 0. The standard InChI is InChI=1S/C21H22N2O3/c1-16(24)22-19-9-5-6-10-20(19)26-15-21(25)23-13-11-18(12-14-23)17-7-3-2-4-8-17/h2-11H,12-15H2,1H3,(H,22,24). The zero-order valence-corrected chi connectivity index (χ0v) is 14.8. The van der Waals surface area contributed by atoms with E-state index in [0.717, 1.165) is 6.42 Å². The first-order valence-electron chi connectivity index (χ1n) is 8.65. The average molecular weight is 350 g/mol. The van der Waals surface area contributed by atoms with Crippen molar-refractivity contribution in [3.63, 3.8) is 0 Å². The van der Waals surface area contributed by atoms with Gasteiger partial charge in [0.25, 0.3) is 5.91 Å². The Hall–Kier alpha value is -3.08. The van der Waals surface area contributed by atoms with Crippen LogP contribution in [0.4, 0.5) is 5.69 Å². The van der Waals surface area contributed by atoms with Gasteiger partial charge in [0.2, 0.25) is 5.91 Å². The fourth-order valence-electron chi connectivity index (χ4n) is 2.93. The first-order chi connectivity index (χ1) is 12.6. The van der Waals surface area contributed by atoms with Crippen molar-refractivity contribution < 1.29 is 14.3 Å². The minimum absolute atomic E-state index is 0.0505. The van der Waals surface area contributed by atoms with Gasteiger partial charge in [0, 0.05) is 20.0 Å². The predicted octanol–water partition coefficient (Wildman–Crippen LogP) is 3.34. The van der Waals surface area contributed by atoms with Gasteiger partial charge >= 0.3 is 0 Å². The van der Waals surface area contributed by atoms with Gasteiger partial charge in [-0.3, -0.25) is 9.59 Å². The summed E-state index contributed by atoms with van der Waals surface area (Å²) in [6, 6.07) is 17.3. The van der Waals surface area contributed by atoms with Crippen LogP contribution in [0.3, 0.4) is 0 Å². The minimum Gasteiger partial charge on any atom is -0.482 e. The summed E-state index contributed by atoms with van der Waals surface area (Å²) in [7, 11) is 0. The van der Waals surface area contributed by atoms with E-state index in [1.54, 1.807) is 29.2 Å². The molecule has 0 unspecified atom stereocenters. The highest BCUT2D eigenvalue weighted by Gasteiger charge is 2.18. The molecule has 0 aliphatic carbocycles. The van der Waals surface area contributed by atoms with Gasteiger partial charge < -0.3 is 15.0 Å². The van der Waals surface area contributed by atoms with Gasteiger partial charge in [0.05, 0.1) is 5.69 Å². The Labute approximate surface area is 153 Å². The molecule has 0 saturated carbocycles. The molecule has 0 atom stereocenters. The molecule has 5 nitrogen and oxygen atoms in total. The van der Waals surface area contributed by atoms with Crippen LogP contribution in [0.2, 0.25) is 0 Å². The molecule has 26 heavy (non-hydrogen) atoms. The maximum absolute atomic E-state index is 12.4. The summed E-state index contributed by atoms with van der Waals surface area (Å²) in [5.41, 5.74) is 3.05. The van der Waals surface area contributed by atoms with Crippen LogP contribution >= 0.6 is 0 Å². The summed E-state index contributed by atoms with van der Waals surface area (Å²) < 4.78 is 5.64. The third-order valence-corrected chi connectivity index (χ3v) is 4.26. The van der Waals surface area contributed by atoms with Crippen LogP contribution in [-0.4, -0.2) is 36.4 Å². The normalized spacial score (nSPS) is 13.7. The lowest BCUT2D eigenvalue weighted by Crippen LogP contribution is -2.37. The van der Waals surface area contributed by atoms with Crippen LogP contribution in [0.1, 0.15) is 18.9 Å². The second kappa shape index (κ2) is 8.34. The number of hydrogen-bond acceptors (Lipinski definition) is 3. The SMILES string of the molecule is CC(=O)Nc1ccccc1OCC(=O)N1CC=C(c2ccccc2)CC1. The number of nitrogens with zero attached hydrogens (tertiary/aromatic N) is 1. The summed E-state index contributed by atoms with van der Waals surface area (Å²) in [5.74, 6) is 0.251. The average Bonchev–Trinajstić information content (AvgIpc) is 2.67. The van der Waals surface area contributed by atoms with E-state index >= 15 is 0 Å². The van der Waals surface area contributed by atoms with Crippen LogP contribution in [0.15, 0.2) is 60.7 Å². The van der Waals surface area contributed by atoms with E-state index < -0.39 is 0 Å². The maximum Gasteiger partial charge on any atom is 0.260 e. The highest BCUT2D eigenvalue weighted by atomic mass is 16.5. The number of amides is 2. The lowest BCUT2D eigenvalue weighted by atomic mass is 10.00. The fourth-order valence-corrected chi connectivity index (χ4v) is 2.93. The molecule has 0 saturated heterocycles. The number of benzene rings is 2. The lowest BCUT2D eigenvalue weighted by molar-refractivity contribution is -0.132. The number of nitrogens with one attached hydrogen (secondary N) is 1. The molecule has 0 bridgehead atoms. The molecule has 2 aromatic carbocycles. The van der Waals surface area contributed by atoms with Gasteiger partial charge in [-0.05, 0) is 29.7 Å². The molecule has 2 amide bonds. The number of carbonyl (C=O) groups excluding carboxylic acids is 2. The Morgan fingerprint density at radius 2 is 1.81 bits per heavy atom. The largest absolute Gasteiger partial charge is 0.482 e. The summed E-state index contributed by atoms with van der Waals surface area (Å²) in [4.78, 5) is 25.5. The van der Waals surface area contributed by atoms with Crippen LogP contribution in [-0.2, 0) is 9.59 Å². The zero-order valence-electron chi connectivity index (χ0n) is 14.8. The van der Waals surface area contributed by atoms with E-state index in [2.05, 4.69) is 23.5 Å². The van der Waals surface area contributed by atoms with Crippen molar-refractivity contribution in [2.45, 2.75) is 13.3 Å². The molecule has 134 valence electrons. The summed E-state index contributed by atoms with van der Waals surface area (Å²) in [6.07, 6.45) is 2.93. The number of para-hydroxylation sites is 2. The number of anilines is 1. The van der Waals surface area contributed by atoms with Crippen molar-refractivity contribution >= 4 is 23.1 Å². The molecule has 1 N–H and O–H groups in total. The topological polar surface area (TPSA) is 58.6 Å². The van der Waals surface area contributed by atoms with Gasteiger partial charge in [0.1, 0.15) is 5.75 Å². The van der Waals surface area contributed by atoms with Crippen molar-refractivity contribution in [3.8, 4) is 5.75 Å². The number of hydrogen-bond donors (Lipinski definition) is 1. The number of rotatable bonds is 5. The molecular formula is C21H22N2O3. The smallest absolute Gasteiger partial charge is 0.260 e. The second-order valence-electron chi connectivity index (χ2n) is 6.15. The van der Waals surface area contributed by atoms with E-state index in [-0.39, 0.29) is 18.4 Å². The Bertz CT molecular complexity index is 815. The van der Waals surface area contributed by atoms with Crippen molar-refractivity contribution in [2.24, 2.45) is 0 Å². The fraction of sp³-hybridized carbons (Fsp3) is 0.238. The van der Waals surface area contributed by atoms with Crippen LogP contribution in [0.5, 0.6) is 5.75 Å². The van der Waals surface area contributed by atoms with Crippen molar-refractivity contribution in [2.75, 3.05) is 25.0 Å². The van der Waals surface area contributed by atoms with E-state index in [4.69, 9.17) is 4.74 Å². The van der Waals surface area contributed by atoms with E-state index in [0.29, 0.717) is 24.5 Å². The van der Waals surface area contributed by atoms with Gasteiger partial charge in [-0.25, -0.2) is 0 Å². The Morgan fingerprint density at radius 3 is 2.50 bits per heavy atom. The first kappa shape index (κ1) is 17.7. The van der Waals surface area contributed by atoms with Crippen LogP contribution < -0.4 is 10.1 Å². The Kier molecular flexibility index (Phi) is 5.69. The molecule has 2 aromatic rings. The molecule has 1 aliphatic rings. The Morgan fingerprint density at radius 1 is 1.08 bits per heavy atom. The third-order valence-electron chi connectivity index (χ3n) is 4.26. The number of carbonyl (C=O) groups is 2. The summed E-state index contributed by atoms with van der Waals surface area (Å²) in [5, 5.41) is 2.70. The van der Waals surface area contributed by atoms with E-state index in [1.807, 2.05) is 18.2 Å². The monoisotopic (exact) mass is 350 g/mol. The van der Waals surface area contributed by atoms with E-state index in [1.165, 1.54) is 18.1 Å². The third kappa shape index (κ3) is 4.51. The molecule has 0 fully saturated rings. The minimum atomic E-state index is -0.179. The Balaban J connectivity index is 1.57. The molecule has 0 aromatic heterocycles. The molecule has 5 heteroatoms. The van der Waals surface area contributed by atoms with Crippen LogP contribution in [0.25, 0.3) is 5.57 Å². The first-order valence-corrected chi connectivity index (χ1v) is 8.65. The van der Waals surface area contributed by atoms with Crippen molar-refractivity contribution in [3.05, 3.63) is 66.2 Å². The zero-order chi connectivity index (χ0) is 18.4. The molecule has 3 rings (SSSR count). The molecular weight excluding hydrogens is 328 g/mol.